The first-order valence-corrected chi connectivity index (χ1v) is 12.2. The SMILES string of the molecule is CON=C1CC(c2nc(C3CCN(C(C)=O)CC3)no2)N(C(=O)c2ccc(-c3ccccc3)cc2)C1. The second-order valence-corrected chi connectivity index (χ2v) is 9.21. The standard InChI is InChI=1S/C27H29N5O4/c1-18(33)31-14-12-21(13-15-31)25-28-26(36-30-25)24-16-23(29-35-2)17-32(24)27(34)22-10-8-20(9-11-22)19-6-4-3-5-7-19/h3-11,21,24H,12-17H2,1-2H3. The summed E-state index contributed by atoms with van der Waals surface area (Å²) in [5, 5.41) is 8.33. The van der Waals surface area contributed by atoms with Gasteiger partial charge in [0, 0.05) is 37.9 Å². The summed E-state index contributed by atoms with van der Waals surface area (Å²) in [5.74, 6) is 1.11. The number of nitrogens with zero attached hydrogens (tertiary/aromatic N) is 5. The largest absolute Gasteiger partial charge is 0.399 e. The lowest BCUT2D eigenvalue weighted by atomic mass is 9.96. The van der Waals surface area contributed by atoms with Crippen molar-refractivity contribution in [2.45, 2.75) is 38.1 Å². The lowest BCUT2D eigenvalue weighted by Gasteiger charge is -2.29. The maximum absolute atomic E-state index is 13.5. The van der Waals surface area contributed by atoms with Crippen LogP contribution in [0.5, 0.6) is 0 Å². The highest BCUT2D eigenvalue weighted by Gasteiger charge is 2.39. The minimum absolute atomic E-state index is 0.0871. The zero-order valence-corrected chi connectivity index (χ0v) is 20.5. The third-order valence-electron chi connectivity index (χ3n) is 6.93. The number of hydrogen-bond acceptors (Lipinski definition) is 7. The summed E-state index contributed by atoms with van der Waals surface area (Å²) in [6.45, 7) is 3.28. The first-order valence-electron chi connectivity index (χ1n) is 12.2. The molecule has 0 aliphatic carbocycles. The van der Waals surface area contributed by atoms with E-state index in [1.54, 1.807) is 11.8 Å². The maximum atomic E-state index is 13.5. The van der Waals surface area contributed by atoms with Crippen molar-refractivity contribution in [2.75, 3.05) is 26.7 Å². The van der Waals surface area contributed by atoms with Crippen LogP contribution >= 0.6 is 0 Å². The molecule has 2 amide bonds. The van der Waals surface area contributed by atoms with Gasteiger partial charge < -0.3 is 19.2 Å². The van der Waals surface area contributed by atoms with Gasteiger partial charge in [0.25, 0.3) is 5.91 Å². The van der Waals surface area contributed by atoms with Crippen LogP contribution in [-0.2, 0) is 9.63 Å². The lowest BCUT2D eigenvalue weighted by Crippen LogP contribution is -2.36. The summed E-state index contributed by atoms with van der Waals surface area (Å²) in [6, 6.07) is 17.2. The van der Waals surface area contributed by atoms with E-state index in [9.17, 15) is 9.59 Å². The second-order valence-electron chi connectivity index (χ2n) is 9.21. The van der Waals surface area contributed by atoms with E-state index in [4.69, 9.17) is 9.36 Å². The van der Waals surface area contributed by atoms with E-state index in [1.807, 2.05) is 59.5 Å². The quantitative estimate of drug-likeness (QED) is 0.503. The minimum Gasteiger partial charge on any atom is -0.399 e. The van der Waals surface area contributed by atoms with Gasteiger partial charge in [-0.25, -0.2) is 0 Å². The van der Waals surface area contributed by atoms with Gasteiger partial charge in [-0.15, -0.1) is 0 Å². The van der Waals surface area contributed by atoms with E-state index in [1.165, 1.54) is 7.11 Å². The zero-order valence-electron chi connectivity index (χ0n) is 20.5. The van der Waals surface area contributed by atoms with Crippen molar-refractivity contribution < 1.29 is 18.9 Å². The molecule has 2 fully saturated rings. The fourth-order valence-corrected chi connectivity index (χ4v) is 4.94. The van der Waals surface area contributed by atoms with Crippen molar-refractivity contribution in [3.05, 3.63) is 71.9 Å². The maximum Gasteiger partial charge on any atom is 0.254 e. The number of piperidine rings is 1. The van der Waals surface area contributed by atoms with E-state index in [2.05, 4.69) is 15.3 Å². The highest BCUT2D eigenvalue weighted by Crippen LogP contribution is 2.34. The van der Waals surface area contributed by atoms with Crippen LogP contribution in [0, 0.1) is 0 Å². The van der Waals surface area contributed by atoms with Gasteiger partial charge in [0.1, 0.15) is 13.2 Å². The number of benzene rings is 2. The number of carbonyl (C=O) groups excluding carboxylic acids is 2. The fraction of sp³-hybridized carbons (Fsp3) is 0.370. The normalized spacial score (nSPS) is 19.6. The Labute approximate surface area is 209 Å². The van der Waals surface area contributed by atoms with E-state index in [-0.39, 0.29) is 17.7 Å². The van der Waals surface area contributed by atoms with Crippen molar-refractivity contribution in [3.8, 4) is 11.1 Å². The van der Waals surface area contributed by atoms with Crippen molar-refractivity contribution in [3.63, 3.8) is 0 Å². The molecule has 5 rings (SSSR count). The molecule has 9 heteroatoms. The molecule has 2 aliphatic rings. The Bertz CT molecular complexity index is 1250. The van der Waals surface area contributed by atoms with E-state index in [0.29, 0.717) is 43.3 Å². The molecule has 3 heterocycles. The third kappa shape index (κ3) is 4.86. The van der Waals surface area contributed by atoms with Crippen LogP contribution in [0.1, 0.15) is 60.2 Å². The van der Waals surface area contributed by atoms with Crippen LogP contribution in [0.4, 0.5) is 0 Å². The Hall–Kier alpha value is -4.01. The number of rotatable bonds is 5. The number of amides is 2. The minimum atomic E-state index is -0.418. The van der Waals surface area contributed by atoms with Crippen LogP contribution in [0.25, 0.3) is 11.1 Å². The summed E-state index contributed by atoms with van der Waals surface area (Å²) in [4.78, 5) is 38.4. The average molecular weight is 488 g/mol. The van der Waals surface area contributed by atoms with Gasteiger partial charge >= 0.3 is 0 Å². The van der Waals surface area contributed by atoms with Crippen LogP contribution in [0.15, 0.2) is 64.3 Å². The molecule has 2 aliphatic heterocycles. The number of aromatic nitrogens is 2. The Morgan fingerprint density at radius 3 is 2.39 bits per heavy atom. The van der Waals surface area contributed by atoms with Crippen LogP contribution in [-0.4, -0.2) is 64.2 Å². The molecule has 3 aromatic rings. The predicted molar refractivity (Wildman–Crippen MR) is 133 cm³/mol. The molecule has 1 atom stereocenters. The molecule has 186 valence electrons. The Balaban J connectivity index is 1.34. The summed E-state index contributed by atoms with van der Waals surface area (Å²) < 4.78 is 5.66. The van der Waals surface area contributed by atoms with Gasteiger partial charge in [-0.1, -0.05) is 52.8 Å². The molecule has 1 unspecified atom stereocenters. The molecule has 0 bridgehead atoms. The first-order chi connectivity index (χ1) is 17.5. The molecule has 2 saturated heterocycles. The average Bonchev–Trinajstić information content (AvgIpc) is 3.57. The van der Waals surface area contributed by atoms with Gasteiger partial charge in [-0.2, -0.15) is 4.98 Å². The number of likely N-dealkylation sites (tertiary alicyclic amines) is 2. The molecule has 1 aromatic heterocycles. The molecule has 2 aromatic carbocycles. The highest BCUT2D eigenvalue weighted by molar-refractivity contribution is 6.00. The Morgan fingerprint density at radius 1 is 1.03 bits per heavy atom. The van der Waals surface area contributed by atoms with Crippen LogP contribution in [0.3, 0.4) is 0 Å². The topological polar surface area (TPSA) is 101 Å². The van der Waals surface area contributed by atoms with Crippen molar-refractivity contribution in [1.82, 2.24) is 19.9 Å². The van der Waals surface area contributed by atoms with Crippen molar-refractivity contribution in [2.24, 2.45) is 5.16 Å². The summed E-state index contributed by atoms with van der Waals surface area (Å²) in [5.41, 5.74) is 3.46. The predicted octanol–water partition coefficient (Wildman–Crippen LogP) is 4.05. The zero-order chi connectivity index (χ0) is 25.1. The lowest BCUT2D eigenvalue weighted by molar-refractivity contribution is -0.129. The van der Waals surface area contributed by atoms with Gasteiger partial charge in [0.15, 0.2) is 5.82 Å². The molecular formula is C27H29N5O4. The number of oxime groups is 1. The van der Waals surface area contributed by atoms with Gasteiger partial charge in [-0.3, -0.25) is 9.59 Å². The van der Waals surface area contributed by atoms with Gasteiger partial charge in [0.05, 0.1) is 12.3 Å². The van der Waals surface area contributed by atoms with E-state index < -0.39 is 6.04 Å². The van der Waals surface area contributed by atoms with Crippen molar-refractivity contribution in [1.29, 1.82) is 0 Å². The molecular weight excluding hydrogens is 458 g/mol. The third-order valence-corrected chi connectivity index (χ3v) is 6.93. The summed E-state index contributed by atoms with van der Waals surface area (Å²) in [7, 11) is 1.49. The molecule has 0 N–H and O–H groups in total. The molecule has 36 heavy (non-hydrogen) atoms. The van der Waals surface area contributed by atoms with Gasteiger partial charge in [-0.05, 0) is 36.1 Å². The summed E-state index contributed by atoms with van der Waals surface area (Å²) in [6.07, 6.45) is 2.04. The number of hydrogen-bond donors (Lipinski definition) is 0. The fourth-order valence-electron chi connectivity index (χ4n) is 4.94. The summed E-state index contributed by atoms with van der Waals surface area (Å²) >= 11 is 0. The Kier molecular flexibility index (Phi) is 6.79. The number of carbonyl (C=O) groups is 2. The van der Waals surface area contributed by atoms with Crippen LogP contribution in [0.2, 0.25) is 0 Å². The Morgan fingerprint density at radius 2 is 1.72 bits per heavy atom. The van der Waals surface area contributed by atoms with Gasteiger partial charge in [0.2, 0.25) is 11.8 Å². The van der Waals surface area contributed by atoms with Crippen molar-refractivity contribution >= 4 is 17.5 Å². The first kappa shape index (κ1) is 23.7. The molecule has 0 radical (unpaired) electrons. The molecule has 9 nitrogen and oxygen atoms in total. The second kappa shape index (κ2) is 10.3. The smallest absolute Gasteiger partial charge is 0.254 e. The van der Waals surface area contributed by atoms with E-state index in [0.717, 1.165) is 29.7 Å². The molecule has 0 saturated carbocycles. The van der Waals surface area contributed by atoms with E-state index >= 15 is 0 Å². The molecule has 0 spiro atoms. The highest BCUT2D eigenvalue weighted by atomic mass is 16.6. The van der Waals surface area contributed by atoms with Crippen LogP contribution < -0.4 is 0 Å². The monoisotopic (exact) mass is 487 g/mol.